The fourth-order valence-electron chi connectivity index (χ4n) is 2.15. The van der Waals surface area contributed by atoms with Gasteiger partial charge in [-0.1, -0.05) is 19.1 Å². The first-order valence-electron chi connectivity index (χ1n) is 6.25. The van der Waals surface area contributed by atoms with Crippen molar-refractivity contribution in [1.29, 1.82) is 0 Å². The van der Waals surface area contributed by atoms with Crippen LogP contribution in [0.5, 0.6) is 0 Å². The van der Waals surface area contributed by atoms with Crippen molar-refractivity contribution in [3.63, 3.8) is 0 Å². The molecule has 7 heteroatoms. The van der Waals surface area contributed by atoms with Crippen molar-refractivity contribution >= 4 is 23.1 Å². The second-order valence-corrected chi connectivity index (χ2v) is 5.00. The van der Waals surface area contributed by atoms with Crippen LogP contribution < -0.4 is 5.73 Å². The lowest BCUT2D eigenvalue weighted by atomic mass is 10.1. The van der Waals surface area contributed by atoms with Gasteiger partial charge in [-0.15, -0.1) is 0 Å². The summed E-state index contributed by atoms with van der Waals surface area (Å²) >= 11 is 4.92. The largest absolute Gasteiger partial charge is 0.391 e. The van der Waals surface area contributed by atoms with Crippen LogP contribution in [-0.2, 0) is 18.2 Å². The van der Waals surface area contributed by atoms with Gasteiger partial charge >= 0.3 is 0 Å². The van der Waals surface area contributed by atoms with Crippen molar-refractivity contribution in [1.82, 2.24) is 14.7 Å². The normalized spacial score (nSPS) is 19.5. The molecular formula is C12H18N4O2S. The Morgan fingerprint density at radius 3 is 3.05 bits per heavy atom. The van der Waals surface area contributed by atoms with Gasteiger partial charge in [0.25, 0.3) is 5.91 Å². The molecule has 1 aliphatic rings. The average Bonchev–Trinajstić information content (AvgIpc) is 2.79. The van der Waals surface area contributed by atoms with Gasteiger partial charge in [-0.05, 0) is 6.42 Å². The van der Waals surface area contributed by atoms with E-state index in [9.17, 15) is 4.79 Å². The zero-order valence-electron chi connectivity index (χ0n) is 11.1. The maximum atomic E-state index is 12.5. The Labute approximate surface area is 117 Å². The Hall–Kier alpha value is -1.47. The molecule has 2 heterocycles. The molecule has 1 aliphatic heterocycles. The highest BCUT2D eigenvalue weighted by Gasteiger charge is 2.28. The van der Waals surface area contributed by atoms with Crippen molar-refractivity contribution in [3.8, 4) is 0 Å². The molecule has 2 rings (SSSR count). The van der Waals surface area contributed by atoms with Crippen molar-refractivity contribution in [2.75, 3.05) is 19.7 Å². The van der Waals surface area contributed by atoms with Crippen LogP contribution in [0.3, 0.4) is 0 Å². The van der Waals surface area contributed by atoms with Crippen LogP contribution in [0.25, 0.3) is 0 Å². The summed E-state index contributed by atoms with van der Waals surface area (Å²) in [6.07, 6.45) is 2.13. The summed E-state index contributed by atoms with van der Waals surface area (Å²) in [7, 11) is 1.81. The molecule has 1 fully saturated rings. The monoisotopic (exact) mass is 282 g/mol. The molecule has 0 radical (unpaired) electrons. The number of ether oxygens (including phenoxy) is 1. The minimum atomic E-state index is -0.352. The van der Waals surface area contributed by atoms with E-state index in [-0.39, 0.29) is 12.0 Å². The van der Waals surface area contributed by atoms with E-state index in [1.165, 1.54) is 0 Å². The van der Waals surface area contributed by atoms with Gasteiger partial charge in [0.15, 0.2) is 0 Å². The molecule has 0 aromatic carbocycles. The molecule has 1 aromatic heterocycles. The molecular weight excluding hydrogens is 264 g/mol. The zero-order chi connectivity index (χ0) is 14.0. The predicted octanol–water partition coefficient (Wildman–Crippen LogP) is 0.110. The van der Waals surface area contributed by atoms with Gasteiger partial charge in [0.1, 0.15) is 11.1 Å². The SMILES string of the molecule is CCc1nn(C)cc1C(=O)N1CCOC(C(N)=S)C1. The van der Waals surface area contributed by atoms with Gasteiger partial charge in [0, 0.05) is 19.8 Å². The van der Waals surface area contributed by atoms with Crippen LogP contribution in [0.2, 0.25) is 0 Å². The Morgan fingerprint density at radius 2 is 2.42 bits per heavy atom. The average molecular weight is 282 g/mol. The first kappa shape index (κ1) is 14.0. The fourth-order valence-corrected chi connectivity index (χ4v) is 2.29. The zero-order valence-corrected chi connectivity index (χ0v) is 11.9. The number of aryl methyl sites for hydroxylation is 2. The molecule has 1 saturated heterocycles. The lowest BCUT2D eigenvalue weighted by Gasteiger charge is -2.32. The van der Waals surface area contributed by atoms with E-state index in [0.717, 1.165) is 12.1 Å². The van der Waals surface area contributed by atoms with E-state index in [2.05, 4.69) is 5.10 Å². The summed E-state index contributed by atoms with van der Waals surface area (Å²) in [6, 6.07) is 0. The molecule has 1 aromatic rings. The molecule has 0 spiro atoms. The lowest BCUT2D eigenvalue weighted by Crippen LogP contribution is -2.50. The molecule has 6 nitrogen and oxygen atoms in total. The predicted molar refractivity (Wildman–Crippen MR) is 75.0 cm³/mol. The minimum absolute atomic E-state index is 0.0329. The first-order chi connectivity index (χ1) is 9.02. The molecule has 19 heavy (non-hydrogen) atoms. The van der Waals surface area contributed by atoms with Crippen LogP contribution in [0.15, 0.2) is 6.20 Å². The number of morpholine rings is 1. The highest BCUT2D eigenvalue weighted by molar-refractivity contribution is 7.80. The van der Waals surface area contributed by atoms with Crippen LogP contribution >= 0.6 is 12.2 Å². The number of nitrogens with zero attached hydrogens (tertiary/aromatic N) is 3. The highest BCUT2D eigenvalue weighted by atomic mass is 32.1. The number of nitrogens with two attached hydrogens (primary N) is 1. The van der Waals surface area contributed by atoms with E-state index in [1.807, 2.05) is 14.0 Å². The second kappa shape index (κ2) is 5.66. The molecule has 0 bridgehead atoms. The van der Waals surface area contributed by atoms with Gasteiger partial charge in [0.2, 0.25) is 0 Å². The molecule has 1 amide bonds. The lowest BCUT2D eigenvalue weighted by molar-refractivity contribution is 0.00873. The standard InChI is InChI=1S/C12H18N4O2S/c1-3-9-8(6-15(2)14-9)12(17)16-4-5-18-10(7-16)11(13)19/h6,10H,3-5,7H2,1-2H3,(H2,13,19). The van der Waals surface area contributed by atoms with Gasteiger partial charge in [-0.25, -0.2) is 0 Å². The van der Waals surface area contributed by atoms with Crippen LogP contribution in [-0.4, -0.2) is 51.4 Å². The summed E-state index contributed by atoms with van der Waals surface area (Å²) < 4.78 is 7.10. The summed E-state index contributed by atoms with van der Waals surface area (Å²) in [5.74, 6) is -0.0329. The molecule has 0 aliphatic carbocycles. The fraction of sp³-hybridized carbons (Fsp3) is 0.583. The van der Waals surface area contributed by atoms with Crippen molar-refractivity contribution in [2.45, 2.75) is 19.4 Å². The van der Waals surface area contributed by atoms with Crippen LogP contribution in [0, 0.1) is 0 Å². The summed E-state index contributed by atoms with van der Waals surface area (Å²) in [6.45, 7) is 3.40. The number of hydrogen-bond donors (Lipinski definition) is 1. The number of thiocarbonyl (C=S) groups is 1. The van der Waals surface area contributed by atoms with Crippen molar-refractivity contribution in [2.24, 2.45) is 12.8 Å². The maximum Gasteiger partial charge on any atom is 0.257 e. The Morgan fingerprint density at radius 1 is 1.68 bits per heavy atom. The van der Waals surface area contributed by atoms with Crippen molar-refractivity contribution < 1.29 is 9.53 Å². The van der Waals surface area contributed by atoms with E-state index in [0.29, 0.717) is 30.2 Å². The Bertz CT molecular complexity index is 500. The number of amides is 1. The molecule has 2 N–H and O–H groups in total. The molecule has 104 valence electrons. The van der Waals surface area contributed by atoms with E-state index in [4.69, 9.17) is 22.7 Å². The third kappa shape index (κ3) is 2.93. The Kier molecular flexibility index (Phi) is 4.16. The van der Waals surface area contributed by atoms with Gasteiger partial charge in [0.05, 0.1) is 24.4 Å². The smallest absolute Gasteiger partial charge is 0.257 e. The van der Waals surface area contributed by atoms with Gasteiger partial charge < -0.3 is 15.4 Å². The summed E-state index contributed by atoms with van der Waals surface area (Å²) in [5.41, 5.74) is 7.04. The number of aromatic nitrogens is 2. The van der Waals surface area contributed by atoms with E-state index >= 15 is 0 Å². The quantitative estimate of drug-likeness (QED) is 0.797. The number of carbonyl (C=O) groups is 1. The summed E-state index contributed by atoms with van der Waals surface area (Å²) in [5, 5.41) is 4.29. The molecule has 1 atom stereocenters. The Balaban J connectivity index is 2.16. The topological polar surface area (TPSA) is 73.4 Å². The van der Waals surface area contributed by atoms with Gasteiger partial charge in [-0.3, -0.25) is 9.48 Å². The second-order valence-electron chi connectivity index (χ2n) is 4.53. The minimum Gasteiger partial charge on any atom is -0.391 e. The summed E-state index contributed by atoms with van der Waals surface area (Å²) in [4.78, 5) is 14.5. The maximum absolute atomic E-state index is 12.5. The number of carbonyl (C=O) groups excluding carboxylic acids is 1. The van der Waals surface area contributed by atoms with Crippen LogP contribution in [0.4, 0.5) is 0 Å². The van der Waals surface area contributed by atoms with Crippen LogP contribution in [0.1, 0.15) is 23.0 Å². The van der Waals surface area contributed by atoms with Crippen molar-refractivity contribution in [3.05, 3.63) is 17.5 Å². The van der Waals surface area contributed by atoms with Gasteiger partial charge in [-0.2, -0.15) is 5.10 Å². The third-order valence-electron chi connectivity index (χ3n) is 3.14. The molecule has 1 unspecified atom stereocenters. The molecule has 0 saturated carbocycles. The highest BCUT2D eigenvalue weighted by Crippen LogP contribution is 2.14. The van der Waals surface area contributed by atoms with E-state index < -0.39 is 0 Å². The number of rotatable bonds is 3. The third-order valence-corrected chi connectivity index (χ3v) is 3.40. The van der Waals surface area contributed by atoms with E-state index in [1.54, 1.807) is 15.8 Å². The first-order valence-corrected chi connectivity index (χ1v) is 6.66. The number of hydrogen-bond acceptors (Lipinski definition) is 4.